The van der Waals surface area contributed by atoms with E-state index in [1.165, 1.54) is 7.11 Å². The maximum Gasteiger partial charge on any atom is 0.248 e. The maximum absolute atomic E-state index is 12.2. The second kappa shape index (κ2) is 6.54. The zero-order chi connectivity index (χ0) is 14.6. The molecule has 0 radical (unpaired) electrons. The van der Waals surface area contributed by atoms with Crippen LogP contribution >= 0.6 is 0 Å². The molecule has 2 amide bonds. The third-order valence-electron chi connectivity index (χ3n) is 4.40. The number of likely N-dealkylation sites (tertiary alicyclic amines) is 1. The summed E-state index contributed by atoms with van der Waals surface area (Å²) in [4.78, 5) is 25.7. The number of nitrogens with two attached hydrogens (primary N) is 1. The molecule has 1 aliphatic carbocycles. The number of rotatable bonds is 4. The molecule has 0 aromatic rings. The number of piperidine rings is 1. The first kappa shape index (κ1) is 15.3. The van der Waals surface area contributed by atoms with Crippen molar-refractivity contribution in [2.45, 2.75) is 50.1 Å². The number of nitrogens with zero attached hydrogens (tertiary/aromatic N) is 1. The van der Waals surface area contributed by atoms with Crippen LogP contribution in [0.25, 0.3) is 0 Å². The van der Waals surface area contributed by atoms with E-state index in [0.29, 0.717) is 13.1 Å². The molecular formula is C14H25N3O3. The van der Waals surface area contributed by atoms with Crippen LogP contribution in [0.2, 0.25) is 0 Å². The average Bonchev–Trinajstić information content (AvgIpc) is 2.88. The molecule has 0 bridgehead atoms. The predicted octanol–water partition coefficient (Wildman–Crippen LogP) is 0.0115. The average molecular weight is 283 g/mol. The van der Waals surface area contributed by atoms with Crippen molar-refractivity contribution in [1.29, 1.82) is 0 Å². The van der Waals surface area contributed by atoms with Crippen molar-refractivity contribution in [3.8, 4) is 0 Å². The van der Waals surface area contributed by atoms with Crippen LogP contribution in [-0.2, 0) is 14.3 Å². The van der Waals surface area contributed by atoms with Crippen molar-refractivity contribution < 1.29 is 14.3 Å². The SMILES string of the molecule is COCC(=O)N1CCC(NC(=O)C2(N)CCCC2)CC1. The van der Waals surface area contributed by atoms with Crippen LogP contribution in [0, 0.1) is 0 Å². The maximum atomic E-state index is 12.2. The van der Waals surface area contributed by atoms with Crippen LogP contribution in [0.3, 0.4) is 0 Å². The first-order chi connectivity index (χ1) is 9.55. The quantitative estimate of drug-likeness (QED) is 0.761. The van der Waals surface area contributed by atoms with Gasteiger partial charge in [0.05, 0.1) is 5.54 Å². The molecule has 3 N–H and O–H groups in total. The Hall–Kier alpha value is -1.14. The lowest BCUT2D eigenvalue weighted by Crippen LogP contribution is -2.56. The van der Waals surface area contributed by atoms with Crippen molar-refractivity contribution in [1.82, 2.24) is 10.2 Å². The standard InChI is InChI=1S/C14H25N3O3/c1-20-10-12(18)17-8-4-11(5-9-17)16-13(19)14(15)6-2-3-7-14/h11H,2-10,15H2,1H3,(H,16,19). The molecule has 6 heteroatoms. The second-order valence-corrected chi connectivity index (χ2v) is 5.92. The van der Waals surface area contributed by atoms with Gasteiger partial charge in [0.1, 0.15) is 6.61 Å². The molecule has 0 aromatic carbocycles. The number of carbonyl (C=O) groups is 2. The van der Waals surface area contributed by atoms with Gasteiger partial charge in [-0.15, -0.1) is 0 Å². The molecule has 0 unspecified atom stereocenters. The first-order valence-electron chi connectivity index (χ1n) is 7.42. The molecule has 1 saturated heterocycles. The summed E-state index contributed by atoms with van der Waals surface area (Å²) >= 11 is 0. The Labute approximate surface area is 120 Å². The Bertz CT molecular complexity index is 359. The summed E-state index contributed by atoms with van der Waals surface area (Å²) in [6.45, 7) is 1.47. The van der Waals surface area contributed by atoms with Crippen molar-refractivity contribution >= 4 is 11.8 Å². The van der Waals surface area contributed by atoms with Gasteiger partial charge in [-0.05, 0) is 25.7 Å². The molecule has 1 heterocycles. The van der Waals surface area contributed by atoms with E-state index in [2.05, 4.69) is 5.32 Å². The number of nitrogens with one attached hydrogen (secondary N) is 1. The first-order valence-corrected chi connectivity index (χ1v) is 7.42. The zero-order valence-corrected chi connectivity index (χ0v) is 12.2. The molecule has 2 rings (SSSR count). The van der Waals surface area contributed by atoms with Gasteiger partial charge in [0.15, 0.2) is 0 Å². The minimum atomic E-state index is -0.664. The van der Waals surface area contributed by atoms with Gasteiger partial charge in [-0.2, -0.15) is 0 Å². The topological polar surface area (TPSA) is 84.7 Å². The van der Waals surface area contributed by atoms with E-state index in [1.807, 2.05) is 0 Å². The molecule has 2 aliphatic rings. The van der Waals surface area contributed by atoms with Crippen LogP contribution in [0.1, 0.15) is 38.5 Å². The largest absolute Gasteiger partial charge is 0.375 e. The summed E-state index contributed by atoms with van der Waals surface area (Å²) in [5.41, 5.74) is 5.48. The van der Waals surface area contributed by atoms with Crippen molar-refractivity contribution in [2.75, 3.05) is 26.8 Å². The molecule has 1 aliphatic heterocycles. The minimum absolute atomic E-state index is 0.0170. The van der Waals surface area contributed by atoms with Crippen LogP contribution < -0.4 is 11.1 Å². The third-order valence-corrected chi connectivity index (χ3v) is 4.40. The molecule has 0 aromatic heterocycles. The summed E-state index contributed by atoms with van der Waals surface area (Å²) in [5.74, 6) is 0.0000302. The van der Waals surface area contributed by atoms with E-state index in [4.69, 9.17) is 10.5 Å². The van der Waals surface area contributed by atoms with E-state index in [1.54, 1.807) is 4.90 Å². The summed E-state index contributed by atoms with van der Waals surface area (Å²) in [5, 5.41) is 3.06. The van der Waals surface area contributed by atoms with Gasteiger partial charge in [-0.25, -0.2) is 0 Å². The van der Waals surface area contributed by atoms with Gasteiger partial charge in [0.2, 0.25) is 11.8 Å². The lowest BCUT2D eigenvalue weighted by atomic mass is 9.96. The van der Waals surface area contributed by atoms with Crippen LogP contribution in [0.15, 0.2) is 0 Å². The smallest absolute Gasteiger partial charge is 0.248 e. The Morgan fingerprint density at radius 3 is 2.45 bits per heavy atom. The molecule has 0 spiro atoms. The minimum Gasteiger partial charge on any atom is -0.375 e. The fourth-order valence-electron chi connectivity index (χ4n) is 3.05. The Balaban J connectivity index is 1.77. The summed E-state index contributed by atoms with van der Waals surface area (Å²) < 4.78 is 4.85. The highest BCUT2D eigenvalue weighted by molar-refractivity contribution is 5.86. The molecule has 20 heavy (non-hydrogen) atoms. The predicted molar refractivity (Wildman–Crippen MR) is 75.0 cm³/mol. The fourth-order valence-corrected chi connectivity index (χ4v) is 3.05. The van der Waals surface area contributed by atoms with Crippen molar-refractivity contribution in [3.63, 3.8) is 0 Å². The highest BCUT2D eigenvalue weighted by Gasteiger charge is 2.38. The highest BCUT2D eigenvalue weighted by atomic mass is 16.5. The van der Waals surface area contributed by atoms with Gasteiger partial charge in [-0.1, -0.05) is 12.8 Å². The molecule has 1 saturated carbocycles. The Morgan fingerprint density at radius 1 is 1.30 bits per heavy atom. The lowest BCUT2D eigenvalue weighted by molar-refractivity contribution is -0.136. The monoisotopic (exact) mass is 283 g/mol. The van der Waals surface area contributed by atoms with Crippen molar-refractivity contribution in [3.05, 3.63) is 0 Å². The lowest BCUT2D eigenvalue weighted by Gasteiger charge is -2.34. The van der Waals surface area contributed by atoms with Gasteiger partial charge in [-0.3, -0.25) is 9.59 Å². The third kappa shape index (κ3) is 3.49. The molecule has 0 atom stereocenters. The van der Waals surface area contributed by atoms with E-state index in [9.17, 15) is 9.59 Å². The zero-order valence-electron chi connectivity index (χ0n) is 12.2. The van der Waals surface area contributed by atoms with Gasteiger partial charge in [0.25, 0.3) is 0 Å². The molecule has 2 fully saturated rings. The normalized spacial score (nSPS) is 22.8. The number of hydrogen-bond acceptors (Lipinski definition) is 4. The summed E-state index contributed by atoms with van der Waals surface area (Å²) in [6.07, 6.45) is 5.21. The molecule has 6 nitrogen and oxygen atoms in total. The van der Waals surface area contributed by atoms with Crippen molar-refractivity contribution in [2.24, 2.45) is 5.73 Å². The van der Waals surface area contributed by atoms with E-state index in [-0.39, 0.29) is 24.5 Å². The summed E-state index contributed by atoms with van der Waals surface area (Å²) in [7, 11) is 1.52. The van der Waals surface area contributed by atoms with Crippen LogP contribution in [0.5, 0.6) is 0 Å². The summed E-state index contributed by atoms with van der Waals surface area (Å²) in [6, 6.07) is 0.134. The van der Waals surface area contributed by atoms with Crippen LogP contribution in [0.4, 0.5) is 0 Å². The van der Waals surface area contributed by atoms with Gasteiger partial charge in [0, 0.05) is 26.2 Å². The second-order valence-electron chi connectivity index (χ2n) is 5.92. The van der Waals surface area contributed by atoms with E-state index in [0.717, 1.165) is 38.5 Å². The van der Waals surface area contributed by atoms with E-state index >= 15 is 0 Å². The van der Waals surface area contributed by atoms with Gasteiger partial charge >= 0.3 is 0 Å². The number of amides is 2. The fraction of sp³-hybridized carbons (Fsp3) is 0.857. The van der Waals surface area contributed by atoms with Crippen LogP contribution in [-0.4, -0.2) is 55.1 Å². The number of hydrogen-bond donors (Lipinski definition) is 2. The Kier molecular flexibility index (Phi) is 4.99. The number of methoxy groups -OCH3 is 1. The van der Waals surface area contributed by atoms with Gasteiger partial charge < -0.3 is 20.7 Å². The highest BCUT2D eigenvalue weighted by Crippen LogP contribution is 2.27. The molecule has 114 valence electrons. The number of ether oxygens (including phenoxy) is 1. The number of carbonyl (C=O) groups excluding carboxylic acids is 2. The molecular weight excluding hydrogens is 258 g/mol. The van der Waals surface area contributed by atoms with E-state index < -0.39 is 5.54 Å². The Morgan fingerprint density at radius 2 is 1.90 bits per heavy atom.